The van der Waals surface area contributed by atoms with E-state index in [1.165, 1.54) is 0 Å². The van der Waals surface area contributed by atoms with E-state index in [2.05, 4.69) is 15.2 Å². The minimum atomic E-state index is 0.419. The lowest BCUT2D eigenvalue weighted by molar-refractivity contribution is 0.0834. The van der Waals surface area contributed by atoms with Gasteiger partial charge in [-0.2, -0.15) is 5.10 Å². The van der Waals surface area contributed by atoms with Gasteiger partial charge in [0.1, 0.15) is 6.61 Å². The van der Waals surface area contributed by atoms with E-state index in [-0.39, 0.29) is 0 Å². The molecular weight excluding hydrogens is 254 g/mol. The highest BCUT2D eigenvalue weighted by atomic mass is 16.5. The molecule has 0 unspecified atom stereocenters. The first-order valence-electron chi connectivity index (χ1n) is 7.02. The lowest BCUT2D eigenvalue weighted by atomic mass is 10.00. The first-order valence-corrected chi connectivity index (χ1v) is 7.02. The summed E-state index contributed by atoms with van der Waals surface area (Å²) < 4.78 is 11.0. The molecule has 1 saturated heterocycles. The first-order chi connectivity index (χ1) is 9.92. The molecule has 3 rings (SSSR count). The summed E-state index contributed by atoms with van der Waals surface area (Å²) in [5.41, 5.74) is 1.16. The van der Waals surface area contributed by atoms with Crippen LogP contribution in [0.25, 0.3) is 0 Å². The van der Waals surface area contributed by atoms with Crippen LogP contribution in [-0.2, 0) is 22.7 Å². The number of hydrogen-bond acceptors (Lipinski definition) is 4. The SMILES string of the molecule is c1ccc(COCc2nc(C3CCOCC3)n[nH]2)cc1. The molecule has 20 heavy (non-hydrogen) atoms. The minimum Gasteiger partial charge on any atom is -0.381 e. The quantitative estimate of drug-likeness (QED) is 0.908. The summed E-state index contributed by atoms with van der Waals surface area (Å²) >= 11 is 0. The molecule has 1 aromatic carbocycles. The van der Waals surface area contributed by atoms with E-state index in [4.69, 9.17) is 9.47 Å². The second-order valence-corrected chi connectivity index (χ2v) is 5.01. The Morgan fingerprint density at radius 1 is 1.15 bits per heavy atom. The summed E-state index contributed by atoms with van der Waals surface area (Å²) in [5, 5.41) is 7.26. The number of benzene rings is 1. The lowest BCUT2D eigenvalue weighted by Gasteiger charge is -2.18. The molecular formula is C15H19N3O2. The van der Waals surface area contributed by atoms with Crippen LogP contribution in [0.2, 0.25) is 0 Å². The van der Waals surface area contributed by atoms with Gasteiger partial charge in [0.05, 0.1) is 6.61 Å². The first kappa shape index (κ1) is 13.3. The highest BCUT2D eigenvalue weighted by Gasteiger charge is 2.19. The van der Waals surface area contributed by atoms with Crippen LogP contribution in [-0.4, -0.2) is 28.4 Å². The van der Waals surface area contributed by atoms with Crippen LogP contribution in [0.3, 0.4) is 0 Å². The lowest BCUT2D eigenvalue weighted by Crippen LogP contribution is -2.15. The van der Waals surface area contributed by atoms with E-state index >= 15 is 0 Å². The fourth-order valence-corrected chi connectivity index (χ4v) is 2.35. The van der Waals surface area contributed by atoms with Gasteiger partial charge in [-0.25, -0.2) is 4.98 Å². The van der Waals surface area contributed by atoms with Crippen molar-refractivity contribution in [3.63, 3.8) is 0 Å². The van der Waals surface area contributed by atoms with Crippen molar-refractivity contribution in [2.24, 2.45) is 0 Å². The third-order valence-corrected chi connectivity index (χ3v) is 3.49. The molecule has 1 fully saturated rings. The van der Waals surface area contributed by atoms with E-state index in [1.54, 1.807) is 0 Å². The highest BCUT2D eigenvalue weighted by Crippen LogP contribution is 2.23. The number of aromatic amines is 1. The van der Waals surface area contributed by atoms with Crippen molar-refractivity contribution in [2.75, 3.05) is 13.2 Å². The molecule has 0 amide bonds. The van der Waals surface area contributed by atoms with Crippen molar-refractivity contribution in [3.8, 4) is 0 Å². The second-order valence-electron chi connectivity index (χ2n) is 5.01. The number of ether oxygens (including phenoxy) is 2. The summed E-state index contributed by atoms with van der Waals surface area (Å²) in [5.74, 6) is 2.11. The summed E-state index contributed by atoms with van der Waals surface area (Å²) in [6.07, 6.45) is 2.00. The Morgan fingerprint density at radius 2 is 1.95 bits per heavy atom. The molecule has 1 aliphatic heterocycles. The van der Waals surface area contributed by atoms with Crippen molar-refractivity contribution in [1.82, 2.24) is 15.2 Å². The molecule has 0 bridgehead atoms. The highest BCUT2D eigenvalue weighted by molar-refractivity contribution is 5.13. The average molecular weight is 273 g/mol. The fourth-order valence-electron chi connectivity index (χ4n) is 2.35. The van der Waals surface area contributed by atoms with Crippen LogP contribution in [0.4, 0.5) is 0 Å². The molecule has 0 saturated carbocycles. The van der Waals surface area contributed by atoms with Crippen LogP contribution in [0.5, 0.6) is 0 Å². The predicted molar refractivity (Wildman–Crippen MR) is 74.1 cm³/mol. The number of H-pyrrole nitrogens is 1. The average Bonchev–Trinajstić information content (AvgIpc) is 2.98. The largest absolute Gasteiger partial charge is 0.381 e. The van der Waals surface area contributed by atoms with Gasteiger partial charge in [0.2, 0.25) is 0 Å². The minimum absolute atomic E-state index is 0.419. The van der Waals surface area contributed by atoms with Gasteiger partial charge in [0.15, 0.2) is 11.6 Å². The molecule has 1 N–H and O–H groups in total. The molecule has 0 aliphatic carbocycles. The van der Waals surface area contributed by atoms with E-state index in [9.17, 15) is 0 Å². The van der Waals surface area contributed by atoms with E-state index in [1.807, 2.05) is 30.3 Å². The zero-order valence-corrected chi connectivity index (χ0v) is 11.4. The van der Waals surface area contributed by atoms with Crippen molar-refractivity contribution in [1.29, 1.82) is 0 Å². The molecule has 106 valence electrons. The third-order valence-electron chi connectivity index (χ3n) is 3.49. The number of nitrogens with one attached hydrogen (secondary N) is 1. The molecule has 1 aliphatic rings. The normalized spacial score (nSPS) is 16.4. The van der Waals surface area contributed by atoms with Gasteiger partial charge in [0.25, 0.3) is 0 Å². The molecule has 2 heterocycles. The zero-order chi connectivity index (χ0) is 13.6. The Morgan fingerprint density at radius 3 is 2.75 bits per heavy atom. The number of hydrogen-bond donors (Lipinski definition) is 1. The Hall–Kier alpha value is -1.72. The molecule has 5 heteroatoms. The Bertz CT molecular complexity index is 521. The summed E-state index contributed by atoms with van der Waals surface area (Å²) in [4.78, 5) is 4.52. The van der Waals surface area contributed by atoms with Crippen molar-refractivity contribution in [3.05, 3.63) is 47.5 Å². The van der Waals surface area contributed by atoms with Gasteiger partial charge < -0.3 is 9.47 Å². The molecule has 5 nitrogen and oxygen atoms in total. The Kier molecular flexibility index (Phi) is 4.40. The topological polar surface area (TPSA) is 60.0 Å². The second kappa shape index (κ2) is 6.63. The van der Waals surface area contributed by atoms with Crippen molar-refractivity contribution < 1.29 is 9.47 Å². The molecule has 2 aromatic rings. The number of nitrogens with zero attached hydrogens (tertiary/aromatic N) is 2. The summed E-state index contributed by atoms with van der Waals surface area (Å²) in [6, 6.07) is 10.1. The predicted octanol–water partition coefficient (Wildman–Crippen LogP) is 2.42. The van der Waals surface area contributed by atoms with Crippen LogP contribution in [0, 0.1) is 0 Å². The van der Waals surface area contributed by atoms with Gasteiger partial charge >= 0.3 is 0 Å². The van der Waals surface area contributed by atoms with Gasteiger partial charge in [-0.3, -0.25) is 5.10 Å². The molecule has 1 aromatic heterocycles. The molecule has 0 spiro atoms. The Labute approximate surface area is 118 Å². The maximum Gasteiger partial charge on any atom is 0.154 e. The monoisotopic (exact) mass is 273 g/mol. The van der Waals surface area contributed by atoms with Gasteiger partial charge in [0, 0.05) is 19.1 Å². The zero-order valence-electron chi connectivity index (χ0n) is 11.4. The van der Waals surface area contributed by atoms with E-state index in [0.29, 0.717) is 19.1 Å². The summed E-state index contributed by atoms with van der Waals surface area (Å²) in [6.45, 7) is 2.66. The maximum atomic E-state index is 5.65. The van der Waals surface area contributed by atoms with Gasteiger partial charge in [-0.05, 0) is 18.4 Å². The van der Waals surface area contributed by atoms with Crippen LogP contribution in [0.15, 0.2) is 30.3 Å². The van der Waals surface area contributed by atoms with Gasteiger partial charge in [-0.1, -0.05) is 30.3 Å². The Balaban J connectivity index is 1.50. The van der Waals surface area contributed by atoms with E-state index in [0.717, 1.165) is 43.3 Å². The molecule has 0 radical (unpaired) electrons. The van der Waals surface area contributed by atoms with Crippen LogP contribution < -0.4 is 0 Å². The maximum absolute atomic E-state index is 5.65. The number of aromatic nitrogens is 3. The van der Waals surface area contributed by atoms with Crippen molar-refractivity contribution >= 4 is 0 Å². The number of rotatable bonds is 5. The van der Waals surface area contributed by atoms with Crippen molar-refractivity contribution in [2.45, 2.75) is 32.0 Å². The third kappa shape index (κ3) is 3.43. The van der Waals surface area contributed by atoms with E-state index < -0.39 is 0 Å². The fraction of sp³-hybridized carbons (Fsp3) is 0.467. The van der Waals surface area contributed by atoms with Crippen LogP contribution >= 0.6 is 0 Å². The summed E-state index contributed by atoms with van der Waals surface area (Å²) in [7, 11) is 0. The molecule has 0 atom stereocenters. The van der Waals surface area contributed by atoms with Gasteiger partial charge in [-0.15, -0.1) is 0 Å². The van der Waals surface area contributed by atoms with Crippen LogP contribution in [0.1, 0.15) is 36.0 Å². The smallest absolute Gasteiger partial charge is 0.154 e. The standard InChI is InChI=1S/C15H19N3O2/c1-2-4-12(5-3-1)10-20-11-14-16-15(18-17-14)13-6-8-19-9-7-13/h1-5,13H,6-11H2,(H,16,17,18).